The van der Waals surface area contributed by atoms with Gasteiger partial charge < -0.3 is 14.6 Å². The van der Waals surface area contributed by atoms with E-state index in [1.807, 2.05) is 60.7 Å². The molecule has 1 aliphatic rings. The number of aromatic nitrogens is 5. The number of para-hydroxylation sites is 1. The van der Waals surface area contributed by atoms with Crippen LogP contribution in [-0.2, 0) is 13.0 Å². The van der Waals surface area contributed by atoms with E-state index in [0.29, 0.717) is 17.9 Å². The molecule has 0 spiro atoms. The van der Waals surface area contributed by atoms with Gasteiger partial charge in [0.1, 0.15) is 11.8 Å². The van der Waals surface area contributed by atoms with Gasteiger partial charge in [0, 0.05) is 28.7 Å². The number of H-pyrrole nitrogens is 1. The average molecular weight is 479 g/mol. The summed E-state index contributed by atoms with van der Waals surface area (Å²) in [5.74, 6) is 1.36. The first kappa shape index (κ1) is 22.0. The third-order valence-corrected chi connectivity index (χ3v) is 6.81. The Bertz CT molecular complexity index is 1580. The maximum absolute atomic E-state index is 13.6. The van der Waals surface area contributed by atoms with E-state index in [2.05, 4.69) is 43.6 Å². The SMILES string of the molecule is COc1ccc2[nH]c(=O)c([C@H](c3nnnn3Cc3ccccc3)N3CCCc4ccccc43)cc2c1. The number of rotatable bonds is 6. The lowest BCUT2D eigenvalue weighted by Gasteiger charge is -2.37. The van der Waals surface area contributed by atoms with E-state index in [1.165, 1.54) is 5.56 Å². The smallest absolute Gasteiger partial charge is 0.254 e. The van der Waals surface area contributed by atoms with Crippen LogP contribution in [0.15, 0.2) is 83.7 Å². The van der Waals surface area contributed by atoms with Crippen molar-refractivity contribution in [2.45, 2.75) is 25.4 Å². The Morgan fingerprint density at radius 1 is 1.03 bits per heavy atom. The quantitative estimate of drug-likeness (QED) is 0.395. The molecule has 0 unspecified atom stereocenters. The molecule has 0 saturated carbocycles. The fourth-order valence-corrected chi connectivity index (χ4v) is 5.09. The number of aromatic amines is 1. The number of benzene rings is 3. The van der Waals surface area contributed by atoms with E-state index >= 15 is 0 Å². The number of nitrogens with one attached hydrogen (secondary N) is 1. The molecule has 8 heteroatoms. The Kier molecular flexibility index (Phi) is 5.69. The predicted molar refractivity (Wildman–Crippen MR) is 138 cm³/mol. The topological polar surface area (TPSA) is 88.9 Å². The van der Waals surface area contributed by atoms with Gasteiger partial charge in [-0.1, -0.05) is 48.5 Å². The van der Waals surface area contributed by atoms with Gasteiger partial charge in [0.05, 0.1) is 13.7 Å². The van der Waals surface area contributed by atoms with Crippen molar-refractivity contribution in [1.82, 2.24) is 25.2 Å². The number of anilines is 1. The van der Waals surface area contributed by atoms with Crippen LogP contribution in [0, 0.1) is 0 Å². The van der Waals surface area contributed by atoms with Crippen molar-refractivity contribution in [1.29, 1.82) is 0 Å². The van der Waals surface area contributed by atoms with Crippen LogP contribution in [0.4, 0.5) is 5.69 Å². The van der Waals surface area contributed by atoms with Gasteiger partial charge >= 0.3 is 0 Å². The van der Waals surface area contributed by atoms with Crippen LogP contribution >= 0.6 is 0 Å². The highest BCUT2D eigenvalue weighted by molar-refractivity contribution is 5.81. The molecule has 0 radical (unpaired) electrons. The van der Waals surface area contributed by atoms with Gasteiger partial charge in [0.15, 0.2) is 5.82 Å². The van der Waals surface area contributed by atoms with Gasteiger partial charge in [-0.2, -0.15) is 0 Å². The molecule has 5 aromatic rings. The maximum atomic E-state index is 13.6. The van der Waals surface area contributed by atoms with Gasteiger partial charge in [-0.3, -0.25) is 4.79 Å². The number of hydrogen-bond donors (Lipinski definition) is 1. The first-order chi connectivity index (χ1) is 17.7. The zero-order valence-electron chi connectivity index (χ0n) is 20.0. The highest BCUT2D eigenvalue weighted by Crippen LogP contribution is 2.37. The second kappa shape index (κ2) is 9.30. The molecular weight excluding hydrogens is 452 g/mol. The van der Waals surface area contributed by atoms with Gasteiger partial charge in [-0.15, -0.1) is 5.10 Å². The number of methoxy groups -OCH3 is 1. The number of hydrogen-bond acceptors (Lipinski definition) is 6. The third kappa shape index (κ3) is 4.00. The molecule has 1 atom stereocenters. The van der Waals surface area contributed by atoms with Crippen molar-refractivity contribution >= 4 is 16.6 Å². The minimum Gasteiger partial charge on any atom is -0.497 e. The van der Waals surface area contributed by atoms with E-state index < -0.39 is 6.04 Å². The van der Waals surface area contributed by atoms with Crippen molar-refractivity contribution in [3.8, 4) is 5.75 Å². The molecule has 36 heavy (non-hydrogen) atoms. The minimum atomic E-state index is -0.468. The van der Waals surface area contributed by atoms with Crippen LogP contribution in [0.3, 0.4) is 0 Å². The Morgan fingerprint density at radius 3 is 2.72 bits per heavy atom. The number of nitrogens with zero attached hydrogens (tertiary/aromatic N) is 5. The molecule has 0 bridgehead atoms. The van der Waals surface area contributed by atoms with Crippen molar-refractivity contribution in [3.63, 3.8) is 0 Å². The molecule has 1 aliphatic heterocycles. The molecule has 3 heterocycles. The van der Waals surface area contributed by atoms with Crippen molar-refractivity contribution in [2.24, 2.45) is 0 Å². The molecule has 0 saturated heterocycles. The second-order valence-corrected chi connectivity index (χ2v) is 9.02. The van der Waals surface area contributed by atoms with E-state index in [1.54, 1.807) is 11.8 Å². The predicted octanol–water partition coefficient (Wildman–Crippen LogP) is 4.11. The summed E-state index contributed by atoms with van der Waals surface area (Å²) in [7, 11) is 1.64. The third-order valence-electron chi connectivity index (χ3n) is 6.81. The summed E-state index contributed by atoms with van der Waals surface area (Å²) in [5.41, 5.74) is 4.64. The Labute approximate surface area is 208 Å². The summed E-state index contributed by atoms with van der Waals surface area (Å²) < 4.78 is 7.23. The Morgan fingerprint density at radius 2 is 1.86 bits per heavy atom. The molecular formula is C28H26N6O2. The largest absolute Gasteiger partial charge is 0.497 e. The fourth-order valence-electron chi connectivity index (χ4n) is 5.09. The van der Waals surface area contributed by atoms with Crippen LogP contribution in [-0.4, -0.2) is 38.8 Å². The van der Waals surface area contributed by atoms with Crippen molar-refractivity contribution in [3.05, 3.63) is 112 Å². The molecule has 0 aliphatic carbocycles. The molecule has 1 N–H and O–H groups in total. The summed E-state index contributed by atoms with van der Waals surface area (Å²) in [6.45, 7) is 1.30. The lowest BCUT2D eigenvalue weighted by Crippen LogP contribution is -2.38. The van der Waals surface area contributed by atoms with Crippen molar-refractivity contribution < 1.29 is 4.74 Å². The summed E-state index contributed by atoms with van der Waals surface area (Å²) in [6, 6.07) is 25.6. The molecule has 8 nitrogen and oxygen atoms in total. The standard InChI is InChI=1S/C28H26N6O2/c1-36-22-13-14-24-21(16-22)17-23(28(35)29-24)26(33-15-7-11-20-10-5-6-12-25(20)33)27-30-31-32-34(27)18-19-8-3-2-4-9-19/h2-6,8-10,12-14,16-17,26H,7,11,15,18H2,1H3,(H,29,35)/t26-/m1/s1. The molecule has 0 fully saturated rings. The van der Waals surface area contributed by atoms with Crippen LogP contribution in [0.5, 0.6) is 5.75 Å². The maximum Gasteiger partial charge on any atom is 0.254 e. The van der Waals surface area contributed by atoms with Gasteiger partial charge in [-0.25, -0.2) is 4.68 Å². The number of ether oxygens (including phenoxy) is 1. The van der Waals surface area contributed by atoms with E-state index in [4.69, 9.17) is 4.74 Å². The van der Waals surface area contributed by atoms with Gasteiger partial charge in [-0.05, 0) is 64.7 Å². The van der Waals surface area contributed by atoms with Gasteiger partial charge in [0.2, 0.25) is 0 Å². The second-order valence-electron chi connectivity index (χ2n) is 9.02. The van der Waals surface area contributed by atoms with Crippen LogP contribution < -0.4 is 15.2 Å². The first-order valence-corrected chi connectivity index (χ1v) is 12.1. The summed E-state index contributed by atoms with van der Waals surface area (Å²) >= 11 is 0. The first-order valence-electron chi connectivity index (χ1n) is 12.1. The van der Waals surface area contributed by atoms with Crippen molar-refractivity contribution in [2.75, 3.05) is 18.6 Å². The number of pyridine rings is 1. The van der Waals surface area contributed by atoms with Crippen LogP contribution in [0.2, 0.25) is 0 Å². The monoisotopic (exact) mass is 478 g/mol. The fraction of sp³-hybridized carbons (Fsp3) is 0.214. The average Bonchev–Trinajstić information content (AvgIpc) is 3.37. The normalized spacial score (nSPS) is 14.0. The summed E-state index contributed by atoms with van der Waals surface area (Å²) in [5, 5.41) is 13.7. The number of tetrazole rings is 1. The number of fused-ring (bicyclic) bond motifs is 2. The minimum absolute atomic E-state index is 0.157. The molecule has 180 valence electrons. The van der Waals surface area contributed by atoms with Crippen LogP contribution in [0.25, 0.3) is 10.9 Å². The molecule has 2 aromatic heterocycles. The molecule has 0 amide bonds. The Balaban J connectivity index is 1.54. The van der Waals surface area contributed by atoms with E-state index in [9.17, 15) is 4.79 Å². The highest BCUT2D eigenvalue weighted by Gasteiger charge is 2.33. The number of aryl methyl sites for hydroxylation is 1. The zero-order valence-corrected chi connectivity index (χ0v) is 20.0. The lowest BCUT2D eigenvalue weighted by atomic mass is 9.96. The zero-order chi connectivity index (χ0) is 24.5. The van der Waals surface area contributed by atoms with E-state index in [-0.39, 0.29) is 5.56 Å². The highest BCUT2D eigenvalue weighted by atomic mass is 16.5. The summed E-state index contributed by atoms with van der Waals surface area (Å²) in [6.07, 6.45) is 1.98. The lowest BCUT2D eigenvalue weighted by molar-refractivity contribution is 0.415. The van der Waals surface area contributed by atoms with E-state index in [0.717, 1.165) is 47.3 Å². The summed E-state index contributed by atoms with van der Waals surface area (Å²) in [4.78, 5) is 18.9. The Hall–Kier alpha value is -4.46. The van der Waals surface area contributed by atoms with Gasteiger partial charge in [0.25, 0.3) is 5.56 Å². The molecule has 3 aromatic carbocycles. The molecule has 6 rings (SSSR count). The van der Waals surface area contributed by atoms with Crippen LogP contribution in [0.1, 0.15) is 35.0 Å².